The lowest BCUT2D eigenvalue weighted by Crippen LogP contribution is -2.52. The number of carbonyl (C=O) groups excluding carboxylic acids is 2. The van der Waals surface area contributed by atoms with Gasteiger partial charge < -0.3 is 14.6 Å². The molecule has 1 amide bonds. The lowest BCUT2D eigenvalue weighted by Gasteiger charge is -2.39. The van der Waals surface area contributed by atoms with Crippen LogP contribution in [0.2, 0.25) is 0 Å². The minimum atomic E-state index is -0.285. The van der Waals surface area contributed by atoms with Crippen molar-refractivity contribution in [2.45, 2.75) is 25.9 Å². The van der Waals surface area contributed by atoms with Crippen molar-refractivity contribution in [3.63, 3.8) is 0 Å². The summed E-state index contributed by atoms with van der Waals surface area (Å²) in [4.78, 5) is 34.2. The van der Waals surface area contributed by atoms with E-state index in [0.29, 0.717) is 24.3 Å². The number of ether oxygens (including phenoxy) is 1. The molecule has 2 heterocycles. The van der Waals surface area contributed by atoms with Crippen molar-refractivity contribution in [2.24, 2.45) is 0 Å². The predicted molar refractivity (Wildman–Crippen MR) is 84.4 cm³/mol. The molecule has 1 aromatic carbocycles. The third kappa shape index (κ3) is 2.90. The summed E-state index contributed by atoms with van der Waals surface area (Å²) < 4.78 is 5.47. The first-order valence-electron chi connectivity index (χ1n) is 7.63. The zero-order valence-corrected chi connectivity index (χ0v) is 13.2. The molecule has 23 heavy (non-hydrogen) atoms. The number of hydrogen-bond donors (Lipinski definition) is 1. The van der Waals surface area contributed by atoms with Gasteiger partial charge in [-0.3, -0.25) is 9.59 Å². The lowest BCUT2D eigenvalue weighted by molar-refractivity contribution is -0.0250. The van der Waals surface area contributed by atoms with Gasteiger partial charge in [-0.2, -0.15) is 0 Å². The van der Waals surface area contributed by atoms with E-state index in [-0.39, 0.29) is 29.6 Å². The molecular formula is C17H19N3O3. The number of rotatable bonds is 3. The predicted octanol–water partition coefficient (Wildman–Crippen LogP) is 1.89. The smallest absolute Gasteiger partial charge is 0.255 e. The molecule has 6 nitrogen and oxygen atoms in total. The van der Waals surface area contributed by atoms with Gasteiger partial charge in [0.1, 0.15) is 0 Å². The van der Waals surface area contributed by atoms with Crippen LogP contribution in [0.1, 0.15) is 40.4 Å². The van der Waals surface area contributed by atoms with Crippen LogP contribution in [0.3, 0.4) is 0 Å². The summed E-state index contributed by atoms with van der Waals surface area (Å²) >= 11 is 0. The van der Waals surface area contributed by atoms with E-state index in [2.05, 4.69) is 9.97 Å². The third-order valence-corrected chi connectivity index (χ3v) is 4.02. The summed E-state index contributed by atoms with van der Waals surface area (Å²) in [6, 6.07) is 6.80. The highest BCUT2D eigenvalue weighted by Crippen LogP contribution is 2.20. The standard InChI is InChI=1S/C17H19N3O3/c1-11-9-23-10-12(2)20(11)17(22)14-6-4-3-5-13(14)15(21)16-18-7-8-19-16/h3-8,11-12H,9-10H2,1-2H3,(H,18,19). The Kier molecular flexibility index (Phi) is 4.25. The van der Waals surface area contributed by atoms with Gasteiger partial charge in [0, 0.05) is 18.0 Å². The number of nitrogens with one attached hydrogen (secondary N) is 1. The number of amides is 1. The van der Waals surface area contributed by atoms with Crippen LogP contribution in [0.5, 0.6) is 0 Å². The highest BCUT2D eigenvalue weighted by Gasteiger charge is 2.32. The minimum Gasteiger partial charge on any atom is -0.377 e. The normalized spacial score (nSPS) is 21.2. The molecular weight excluding hydrogens is 294 g/mol. The number of hydrogen-bond acceptors (Lipinski definition) is 4. The van der Waals surface area contributed by atoms with Crippen LogP contribution in [0.4, 0.5) is 0 Å². The molecule has 1 fully saturated rings. The van der Waals surface area contributed by atoms with Gasteiger partial charge in [0.05, 0.1) is 30.9 Å². The molecule has 120 valence electrons. The van der Waals surface area contributed by atoms with Crippen LogP contribution < -0.4 is 0 Å². The monoisotopic (exact) mass is 313 g/mol. The maximum atomic E-state index is 13.0. The Labute approximate surface area is 134 Å². The van der Waals surface area contributed by atoms with E-state index in [9.17, 15) is 9.59 Å². The summed E-state index contributed by atoms with van der Waals surface area (Å²) in [5.41, 5.74) is 0.757. The third-order valence-electron chi connectivity index (χ3n) is 4.02. The number of imidazole rings is 1. The molecule has 3 rings (SSSR count). The maximum Gasteiger partial charge on any atom is 0.255 e. The SMILES string of the molecule is CC1COCC(C)N1C(=O)c1ccccc1C(=O)c1ncc[nH]1. The average molecular weight is 313 g/mol. The summed E-state index contributed by atoms with van der Waals surface area (Å²) in [5.74, 6) is -0.204. The van der Waals surface area contributed by atoms with Crippen LogP contribution >= 0.6 is 0 Å². The molecule has 1 N–H and O–H groups in total. The Hall–Kier alpha value is -2.47. The Bertz CT molecular complexity index is 702. The van der Waals surface area contributed by atoms with Crippen molar-refractivity contribution in [2.75, 3.05) is 13.2 Å². The molecule has 0 radical (unpaired) electrons. The molecule has 1 aliphatic heterocycles. The summed E-state index contributed by atoms with van der Waals surface area (Å²) in [6.07, 6.45) is 3.10. The van der Waals surface area contributed by atoms with Gasteiger partial charge in [-0.05, 0) is 19.9 Å². The number of aromatic nitrogens is 2. The molecule has 1 aromatic heterocycles. The van der Waals surface area contributed by atoms with Gasteiger partial charge in [-0.15, -0.1) is 0 Å². The van der Waals surface area contributed by atoms with Crippen LogP contribution in [0.15, 0.2) is 36.7 Å². The Morgan fingerprint density at radius 2 is 1.83 bits per heavy atom. The Balaban J connectivity index is 1.97. The Morgan fingerprint density at radius 1 is 1.17 bits per heavy atom. The fourth-order valence-electron chi connectivity index (χ4n) is 2.93. The van der Waals surface area contributed by atoms with Crippen LogP contribution in [0, 0.1) is 0 Å². The van der Waals surface area contributed by atoms with Crippen molar-refractivity contribution in [1.82, 2.24) is 14.9 Å². The van der Waals surface area contributed by atoms with E-state index in [1.807, 2.05) is 13.8 Å². The summed E-state index contributed by atoms with van der Waals surface area (Å²) in [5, 5.41) is 0. The number of aromatic amines is 1. The van der Waals surface area contributed by atoms with Gasteiger partial charge in [-0.1, -0.05) is 18.2 Å². The maximum absolute atomic E-state index is 13.0. The van der Waals surface area contributed by atoms with Crippen molar-refractivity contribution < 1.29 is 14.3 Å². The van der Waals surface area contributed by atoms with E-state index in [1.54, 1.807) is 35.4 Å². The van der Waals surface area contributed by atoms with E-state index >= 15 is 0 Å². The zero-order chi connectivity index (χ0) is 16.4. The number of carbonyl (C=O) groups is 2. The van der Waals surface area contributed by atoms with Crippen molar-refractivity contribution >= 4 is 11.7 Å². The summed E-state index contributed by atoms with van der Waals surface area (Å²) in [7, 11) is 0. The first kappa shape index (κ1) is 15.4. The van der Waals surface area contributed by atoms with E-state index in [1.165, 1.54) is 6.20 Å². The first-order chi connectivity index (χ1) is 11.1. The number of benzene rings is 1. The molecule has 2 unspecified atom stereocenters. The molecule has 2 atom stereocenters. The average Bonchev–Trinajstić information content (AvgIpc) is 3.08. The van der Waals surface area contributed by atoms with E-state index < -0.39 is 0 Å². The van der Waals surface area contributed by atoms with Gasteiger partial charge in [-0.25, -0.2) is 4.98 Å². The Morgan fingerprint density at radius 3 is 2.43 bits per heavy atom. The van der Waals surface area contributed by atoms with Gasteiger partial charge in [0.2, 0.25) is 5.78 Å². The van der Waals surface area contributed by atoms with Gasteiger partial charge in [0.25, 0.3) is 5.91 Å². The van der Waals surface area contributed by atoms with E-state index in [0.717, 1.165) is 0 Å². The molecule has 2 aromatic rings. The van der Waals surface area contributed by atoms with Crippen molar-refractivity contribution in [3.8, 4) is 0 Å². The fourth-order valence-corrected chi connectivity index (χ4v) is 2.93. The van der Waals surface area contributed by atoms with E-state index in [4.69, 9.17) is 4.74 Å². The molecule has 1 saturated heterocycles. The number of morpholine rings is 1. The second-order valence-electron chi connectivity index (χ2n) is 5.76. The largest absolute Gasteiger partial charge is 0.377 e. The van der Waals surface area contributed by atoms with Crippen LogP contribution in [0.25, 0.3) is 0 Å². The highest BCUT2D eigenvalue weighted by molar-refractivity contribution is 6.13. The summed E-state index contributed by atoms with van der Waals surface area (Å²) in [6.45, 7) is 4.91. The molecule has 0 spiro atoms. The van der Waals surface area contributed by atoms with Crippen LogP contribution in [-0.4, -0.2) is 51.9 Å². The number of nitrogens with zero attached hydrogens (tertiary/aromatic N) is 2. The molecule has 1 aliphatic rings. The number of H-pyrrole nitrogens is 1. The topological polar surface area (TPSA) is 75.3 Å². The molecule has 0 aliphatic carbocycles. The van der Waals surface area contributed by atoms with Crippen LogP contribution in [-0.2, 0) is 4.74 Å². The minimum absolute atomic E-state index is 0.0296. The van der Waals surface area contributed by atoms with Crippen molar-refractivity contribution in [3.05, 3.63) is 53.6 Å². The van der Waals surface area contributed by atoms with Gasteiger partial charge >= 0.3 is 0 Å². The molecule has 0 bridgehead atoms. The quantitative estimate of drug-likeness (QED) is 0.878. The fraction of sp³-hybridized carbons (Fsp3) is 0.353. The van der Waals surface area contributed by atoms with Gasteiger partial charge in [0.15, 0.2) is 5.82 Å². The highest BCUT2D eigenvalue weighted by atomic mass is 16.5. The second kappa shape index (κ2) is 6.34. The number of ketones is 1. The second-order valence-corrected chi connectivity index (χ2v) is 5.76. The van der Waals surface area contributed by atoms with Crippen molar-refractivity contribution in [1.29, 1.82) is 0 Å². The lowest BCUT2D eigenvalue weighted by atomic mass is 10.00. The zero-order valence-electron chi connectivity index (χ0n) is 13.2. The molecule has 0 saturated carbocycles. The molecule has 6 heteroatoms. The first-order valence-corrected chi connectivity index (χ1v) is 7.63.